The first-order chi connectivity index (χ1) is 14.7. The summed E-state index contributed by atoms with van der Waals surface area (Å²) in [6, 6.07) is 13.2. The van der Waals surface area contributed by atoms with Crippen molar-refractivity contribution in [3.63, 3.8) is 0 Å². The van der Waals surface area contributed by atoms with Gasteiger partial charge in [-0.3, -0.25) is 19.8 Å². The maximum atomic E-state index is 13.0. The van der Waals surface area contributed by atoms with E-state index in [1.165, 1.54) is 34.9 Å². The standard InChI is InChI=1S/C22H15ClN2O4S2/c1-12-3-4-14(9-13(12)2)24-21(26)20(31-22(24)30)11-16-6-8-19(29-16)17-10-15(25(27)28)5-7-18(17)23/h3-11H,1-2H3/b20-11+. The van der Waals surface area contributed by atoms with Gasteiger partial charge in [0.2, 0.25) is 0 Å². The predicted molar refractivity (Wildman–Crippen MR) is 127 cm³/mol. The van der Waals surface area contributed by atoms with Crippen LogP contribution in [0.4, 0.5) is 11.4 Å². The van der Waals surface area contributed by atoms with E-state index in [1.54, 1.807) is 18.2 Å². The van der Waals surface area contributed by atoms with E-state index in [9.17, 15) is 14.9 Å². The number of carbonyl (C=O) groups is 1. The summed E-state index contributed by atoms with van der Waals surface area (Å²) in [5.41, 5.74) is 3.23. The fourth-order valence-electron chi connectivity index (χ4n) is 3.08. The highest BCUT2D eigenvalue weighted by atomic mass is 35.5. The Kier molecular flexibility index (Phi) is 5.70. The van der Waals surface area contributed by atoms with Crippen molar-refractivity contribution in [2.24, 2.45) is 0 Å². The Morgan fingerprint density at radius 2 is 1.90 bits per heavy atom. The second-order valence-corrected chi connectivity index (χ2v) is 8.99. The number of carbonyl (C=O) groups excluding carboxylic acids is 1. The lowest BCUT2D eigenvalue weighted by Gasteiger charge is -2.15. The average Bonchev–Trinajstić information content (AvgIpc) is 3.29. The van der Waals surface area contributed by atoms with Gasteiger partial charge in [-0.2, -0.15) is 0 Å². The van der Waals surface area contributed by atoms with Crippen molar-refractivity contribution in [1.82, 2.24) is 0 Å². The molecular formula is C22H15ClN2O4S2. The third kappa shape index (κ3) is 4.14. The molecule has 3 aromatic rings. The Morgan fingerprint density at radius 3 is 2.61 bits per heavy atom. The van der Waals surface area contributed by atoms with E-state index in [-0.39, 0.29) is 11.6 Å². The minimum atomic E-state index is -0.498. The number of hydrogen-bond donors (Lipinski definition) is 0. The first-order valence-corrected chi connectivity index (χ1v) is 10.7. The van der Waals surface area contributed by atoms with Crippen molar-refractivity contribution in [3.05, 3.63) is 85.5 Å². The Balaban J connectivity index is 1.63. The van der Waals surface area contributed by atoms with Crippen LogP contribution in [0.1, 0.15) is 16.9 Å². The summed E-state index contributed by atoms with van der Waals surface area (Å²) in [5, 5.41) is 11.4. The maximum Gasteiger partial charge on any atom is 0.270 e. The molecule has 0 radical (unpaired) electrons. The van der Waals surface area contributed by atoms with E-state index < -0.39 is 4.92 Å². The summed E-state index contributed by atoms with van der Waals surface area (Å²) in [4.78, 5) is 25.5. The van der Waals surface area contributed by atoms with Crippen LogP contribution in [-0.2, 0) is 4.79 Å². The molecule has 0 aliphatic carbocycles. The zero-order valence-electron chi connectivity index (χ0n) is 16.4. The Hall–Kier alpha value is -2.94. The molecule has 0 unspecified atom stereocenters. The van der Waals surface area contributed by atoms with Crippen molar-refractivity contribution >= 4 is 63.3 Å². The van der Waals surface area contributed by atoms with Crippen LogP contribution < -0.4 is 4.90 Å². The second-order valence-electron chi connectivity index (χ2n) is 6.91. The fourth-order valence-corrected chi connectivity index (χ4v) is 4.56. The number of thiocarbonyl (C=S) groups is 1. The number of aryl methyl sites for hydroxylation is 2. The number of non-ortho nitro benzene ring substituents is 1. The molecule has 2 aromatic carbocycles. The zero-order chi connectivity index (χ0) is 22.3. The van der Waals surface area contributed by atoms with Gasteiger partial charge in [-0.25, -0.2) is 0 Å². The molecule has 31 heavy (non-hydrogen) atoms. The molecule has 0 N–H and O–H groups in total. The molecule has 1 aromatic heterocycles. The lowest BCUT2D eigenvalue weighted by Crippen LogP contribution is -2.27. The monoisotopic (exact) mass is 470 g/mol. The zero-order valence-corrected chi connectivity index (χ0v) is 18.8. The van der Waals surface area contributed by atoms with Crippen LogP contribution in [0.15, 0.2) is 57.9 Å². The fraction of sp³-hybridized carbons (Fsp3) is 0.0909. The van der Waals surface area contributed by atoms with Crippen LogP contribution in [0.3, 0.4) is 0 Å². The molecule has 0 spiro atoms. The van der Waals surface area contributed by atoms with Gasteiger partial charge in [0, 0.05) is 23.8 Å². The molecule has 9 heteroatoms. The second kappa shape index (κ2) is 8.30. The third-order valence-corrected chi connectivity index (χ3v) is 6.50. The Bertz CT molecular complexity index is 1280. The van der Waals surface area contributed by atoms with Crippen LogP contribution >= 0.6 is 35.6 Å². The van der Waals surface area contributed by atoms with Crippen LogP contribution in [0.25, 0.3) is 17.4 Å². The van der Waals surface area contributed by atoms with E-state index >= 15 is 0 Å². The molecule has 0 bridgehead atoms. The van der Waals surface area contributed by atoms with Crippen molar-refractivity contribution in [3.8, 4) is 11.3 Å². The molecule has 156 valence electrons. The summed E-state index contributed by atoms with van der Waals surface area (Å²) < 4.78 is 6.23. The smallest absolute Gasteiger partial charge is 0.270 e. The highest BCUT2D eigenvalue weighted by Crippen LogP contribution is 2.38. The van der Waals surface area contributed by atoms with Crippen molar-refractivity contribution in [2.45, 2.75) is 13.8 Å². The first-order valence-electron chi connectivity index (χ1n) is 9.14. The maximum absolute atomic E-state index is 13.0. The topological polar surface area (TPSA) is 76.6 Å². The number of hydrogen-bond acceptors (Lipinski definition) is 6. The highest BCUT2D eigenvalue weighted by molar-refractivity contribution is 8.27. The Morgan fingerprint density at radius 1 is 1.13 bits per heavy atom. The Labute approximate surface area is 192 Å². The van der Waals surface area contributed by atoms with Gasteiger partial charge in [0.15, 0.2) is 4.32 Å². The van der Waals surface area contributed by atoms with Crippen molar-refractivity contribution in [2.75, 3.05) is 4.90 Å². The third-order valence-electron chi connectivity index (χ3n) is 4.87. The van der Waals surface area contributed by atoms with Gasteiger partial charge in [0.25, 0.3) is 11.6 Å². The number of nitro benzene ring substituents is 1. The van der Waals surface area contributed by atoms with Crippen molar-refractivity contribution in [1.29, 1.82) is 0 Å². The van der Waals surface area contributed by atoms with E-state index in [2.05, 4.69) is 0 Å². The number of anilines is 1. The number of nitro groups is 1. The number of furan rings is 1. The molecule has 6 nitrogen and oxygen atoms in total. The lowest BCUT2D eigenvalue weighted by molar-refractivity contribution is -0.384. The van der Waals surface area contributed by atoms with Crippen molar-refractivity contribution < 1.29 is 14.1 Å². The molecule has 1 aliphatic rings. The van der Waals surface area contributed by atoms with Gasteiger partial charge in [0.1, 0.15) is 11.5 Å². The predicted octanol–water partition coefficient (Wildman–Crippen LogP) is 6.53. The lowest BCUT2D eigenvalue weighted by atomic mass is 10.1. The normalized spacial score (nSPS) is 15.2. The van der Waals surface area contributed by atoms with E-state index in [4.69, 9.17) is 28.2 Å². The molecule has 2 heterocycles. The van der Waals surface area contributed by atoms with Crippen LogP contribution in [0.2, 0.25) is 5.02 Å². The van der Waals surface area contributed by atoms with E-state index in [1.807, 2.05) is 32.0 Å². The van der Waals surface area contributed by atoms with E-state index in [0.29, 0.717) is 31.3 Å². The van der Waals surface area contributed by atoms with Gasteiger partial charge in [-0.05, 0) is 55.3 Å². The van der Waals surface area contributed by atoms with Crippen LogP contribution in [-0.4, -0.2) is 15.2 Å². The van der Waals surface area contributed by atoms with Gasteiger partial charge < -0.3 is 4.42 Å². The number of thioether (sulfide) groups is 1. The van der Waals surface area contributed by atoms with Gasteiger partial charge >= 0.3 is 0 Å². The quantitative estimate of drug-likeness (QED) is 0.187. The minimum Gasteiger partial charge on any atom is -0.457 e. The van der Waals surface area contributed by atoms with Gasteiger partial charge in [-0.1, -0.05) is 41.6 Å². The SMILES string of the molecule is Cc1ccc(N2C(=O)/C(=C\c3ccc(-c4cc([N+](=O)[O-])ccc4Cl)o3)SC2=S)cc1C. The van der Waals surface area contributed by atoms with Gasteiger partial charge in [0.05, 0.1) is 20.5 Å². The molecule has 1 saturated heterocycles. The average molecular weight is 471 g/mol. The number of benzene rings is 2. The summed E-state index contributed by atoms with van der Waals surface area (Å²) in [6.07, 6.45) is 1.61. The number of amides is 1. The highest BCUT2D eigenvalue weighted by Gasteiger charge is 2.33. The minimum absolute atomic E-state index is 0.0911. The molecule has 1 amide bonds. The molecule has 0 saturated carbocycles. The number of nitrogens with zero attached hydrogens (tertiary/aromatic N) is 2. The summed E-state index contributed by atoms with van der Waals surface area (Å²) in [5.74, 6) is 0.548. The number of rotatable bonds is 4. The molecule has 4 rings (SSSR count). The number of halogens is 1. The van der Waals surface area contributed by atoms with Gasteiger partial charge in [-0.15, -0.1) is 0 Å². The molecular weight excluding hydrogens is 456 g/mol. The molecule has 1 aliphatic heterocycles. The first kappa shape index (κ1) is 21.3. The summed E-state index contributed by atoms with van der Waals surface area (Å²) in [6.45, 7) is 3.99. The molecule has 0 atom stereocenters. The van der Waals surface area contributed by atoms with Crippen LogP contribution in [0, 0.1) is 24.0 Å². The van der Waals surface area contributed by atoms with E-state index in [0.717, 1.165) is 16.8 Å². The summed E-state index contributed by atoms with van der Waals surface area (Å²) >= 11 is 12.8. The van der Waals surface area contributed by atoms with Crippen LogP contribution in [0.5, 0.6) is 0 Å². The molecule has 1 fully saturated rings. The summed E-state index contributed by atoms with van der Waals surface area (Å²) in [7, 11) is 0. The largest absolute Gasteiger partial charge is 0.457 e.